The van der Waals surface area contributed by atoms with E-state index in [-0.39, 0.29) is 5.75 Å². The average Bonchev–Trinajstić information content (AvgIpc) is 3.48. The summed E-state index contributed by atoms with van der Waals surface area (Å²) in [7, 11) is -2.80. The number of aromatic nitrogens is 2. The third-order valence-corrected chi connectivity index (χ3v) is 6.38. The maximum atomic E-state index is 10.7. The Morgan fingerprint density at radius 1 is 0.784 bits per heavy atom. The Morgan fingerprint density at radius 2 is 1.22 bits per heavy atom. The van der Waals surface area contributed by atoms with Gasteiger partial charge in [-0.15, -0.1) is 22.7 Å². The summed E-state index contributed by atoms with van der Waals surface area (Å²) in [6, 6.07) is 14.7. The van der Waals surface area contributed by atoms with Gasteiger partial charge in [-0.25, -0.2) is 9.97 Å². The zero-order chi connectivity index (χ0) is 27.6. The van der Waals surface area contributed by atoms with Gasteiger partial charge in [0.1, 0.15) is 18.9 Å². The maximum Gasteiger partial charge on any atom is 0.242 e. The van der Waals surface area contributed by atoms with Crippen molar-refractivity contribution in [3.8, 4) is 34.0 Å². The molecule has 6 nitrogen and oxygen atoms in total. The van der Waals surface area contributed by atoms with Gasteiger partial charge in [-0.2, -0.15) is 11.1 Å². The van der Waals surface area contributed by atoms with Crippen molar-refractivity contribution in [2.45, 2.75) is 39.3 Å². The quantitative estimate of drug-likeness (QED) is 0.138. The molecule has 2 aromatic heterocycles. The second kappa shape index (κ2) is 13.8. The van der Waals surface area contributed by atoms with Crippen LogP contribution in [0, 0.1) is 0 Å². The lowest BCUT2D eigenvalue weighted by Gasteiger charge is -2.21. The molecule has 4 rings (SSSR count). The monoisotopic (exact) mass is 590 g/mol. The van der Waals surface area contributed by atoms with Crippen molar-refractivity contribution in [3.63, 3.8) is 0 Å². The zero-order valence-corrected chi connectivity index (χ0v) is 26.1. The molecule has 0 spiro atoms. The molecule has 0 atom stereocenters. The third kappa shape index (κ3) is 11.1. The lowest BCUT2D eigenvalue weighted by atomic mass is 10.1. The van der Waals surface area contributed by atoms with Crippen molar-refractivity contribution in [1.82, 2.24) is 9.97 Å². The minimum Gasteiger partial charge on any atom is -0.544 e. The summed E-state index contributed by atoms with van der Waals surface area (Å²) in [5, 5.41) is 14.1. The number of aldehydes is 2. The van der Waals surface area contributed by atoms with E-state index in [0.717, 1.165) is 23.3 Å². The molecule has 0 aliphatic rings. The number of carbonyl (C=O) groups is 2. The molecule has 196 valence electrons. The normalized spacial score (nSPS) is 10.9. The topological polar surface area (TPSA) is 89.4 Å². The van der Waals surface area contributed by atoms with E-state index in [9.17, 15) is 14.7 Å². The van der Waals surface area contributed by atoms with Crippen LogP contribution < -0.4 is 4.43 Å². The van der Waals surface area contributed by atoms with Crippen LogP contribution in [0.3, 0.4) is 0 Å². The summed E-state index contributed by atoms with van der Waals surface area (Å²) in [5.41, 5.74) is 3.03. The van der Waals surface area contributed by atoms with Crippen LogP contribution in [0.4, 0.5) is 0 Å². The molecule has 37 heavy (non-hydrogen) atoms. The number of hydrogen-bond donors (Lipinski definition) is 1. The number of rotatable bonds is 6. The largest absolute Gasteiger partial charge is 0.544 e. The van der Waals surface area contributed by atoms with Crippen LogP contribution in [0.5, 0.6) is 11.5 Å². The number of carbonyl (C=O) groups excluding carboxylic acids is 2. The molecule has 2 heterocycles. The number of halogens is 1. The van der Waals surface area contributed by atoms with Crippen molar-refractivity contribution < 1.29 is 19.1 Å². The Labute approximate surface area is 232 Å². The highest BCUT2D eigenvalue weighted by Gasteiger charge is 2.19. The number of nitrogens with zero attached hydrogens (tertiary/aromatic N) is 2. The van der Waals surface area contributed by atoms with Gasteiger partial charge < -0.3 is 9.53 Å². The Morgan fingerprint density at radius 3 is 1.65 bits per heavy atom. The lowest BCUT2D eigenvalue weighted by molar-refractivity contribution is 0.111. The highest BCUT2D eigenvalue weighted by molar-refractivity contribution is 7.18. The van der Waals surface area contributed by atoms with E-state index in [1.165, 1.54) is 22.7 Å². The highest BCUT2D eigenvalue weighted by Crippen LogP contribution is 2.32. The summed E-state index contributed by atoms with van der Waals surface area (Å²) in [6.07, 6.45) is 1.48. The van der Waals surface area contributed by atoms with Crippen LogP contribution in [0.1, 0.15) is 19.6 Å². The lowest BCUT2D eigenvalue weighted by Crippen LogP contribution is -2.29. The summed E-state index contributed by atoms with van der Waals surface area (Å²) in [6.45, 7) is 12.7. The molecule has 2 aromatic carbocycles. The Kier molecular flexibility index (Phi) is 11.4. The molecule has 1 N–H and O–H groups in total. The fourth-order valence-corrected chi connectivity index (χ4v) is 4.79. The summed E-state index contributed by atoms with van der Waals surface area (Å²) in [4.78, 5) is 29.4. The smallest absolute Gasteiger partial charge is 0.242 e. The van der Waals surface area contributed by atoms with Gasteiger partial charge in [-0.3, -0.25) is 9.59 Å². The molecule has 11 heteroatoms. The van der Waals surface area contributed by atoms with E-state index in [1.54, 1.807) is 23.6 Å². The van der Waals surface area contributed by atoms with Gasteiger partial charge >= 0.3 is 0 Å². The van der Waals surface area contributed by atoms with Gasteiger partial charge in [-0.05, 0) is 43.9 Å². The van der Waals surface area contributed by atoms with Crippen molar-refractivity contribution in [2.24, 2.45) is 0 Å². The maximum absolute atomic E-state index is 10.7. The summed E-state index contributed by atoms with van der Waals surface area (Å²) >= 11 is 8.28. The zero-order valence-electron chi connectivity index (χ0n) is 21.7. The van der Waals surface area contributed by atoms with Gasteiger partial charge in [0.25, 0.3) is 0 Å². The van der Waals surface area contributed by atoms with Gasteiger partial charge in [0.05, 0.1) is 11.4 Å². The van der Waals surface area contributed by atoms with Gasteiger partial charge in [0.2, 0.25) is 8.32 Å². The number of benzene rings is 2. The second-order valence-electron chi connectivity index (χ2n) is 9.67. The number of aromatic hydroxyl groups is 1. The first kappa shape index (κ1) is 30.6. The third-order valence-electron chi connectivity index (χ3n) is 4.00. The Balaban J connectivity index is 0.000000225. The summed E-state index contributed by atoms with van der Waals surface area (Å²) < 4.78 is 6.05. The average molecular weight is 591 g/mol. The molecule has 0 unspecified atom stereocenters. The van der Waals surface area contributed by atoms with E-state index < -0.39 is 15.7 Å². The predicted octanol–water partition coefficient (Wildman–Crippen LogP) is 8.22. The fourth-order valence-electron chi connectivity index (χ4n) is 2.72. The number of phenols is 1. The molecule has 0 aliphatic heterocycles. The fraction of sp³-hybridized carbons (Fsp3) is 0.231. The van der Waals surface area contributed by atoms with Crippen LogP contribution in [-0.4, -0.2) is 43.3 Å². The number of hydrogen-bond acceptors (Lipinski definition) is 8. The second-order valence-corrected chi connectivity index (χ2v) is 23.4. The van der Waals surface area contributed by atoms with E-state index >= 15 is 0 Å². The molecule has 0 amide bonds. The first-order valence-corrected chi connectivity index (χ1v) is 21.1. The standard InChI is InChI=1S/C13H15NO2SSi.C10H7NO2S.C3H9ClSi/c1-18(2,3)16-12-7-5-4-6-10(12)11-9-17-13(8-15)14-11;12-5-10-11-8(6-14-10)7-3-1-2-4-9(7)13;1-5(2,3)4/h4-9H,1-3H3;1-6,13H;1-3H3. The minimum atomic E-state index is -1.66. The number of thiazole rings is 2. The van der Waals surface area contributed by atoms with Crippen molar-refractivity contribution in [2.75, 3.05) is 0 Å². The first-order chi connectivity index (χ1) is 17.3. The van der Waals surface area contributed by atoms with Crippen LogP contribution in [-0.2, 0) is 0 Å². The molecule has 0 aliphatic carbocycles. The van der Waals surface area contributed by atoms with Gasteiger partial charge in [-0.1, -0.05) is 43.9 Å². The first-order valence-electron chi connectivity index (χ1n) is 11.4. The van der Waals surface area contributed by atoms with Crippen LogP contribution in [0.2, 0.25) is 39.3 Å². The minimum absolute atomic E-state index is 0.176. The van der Waals surface area contributed by atoms with Crippen molar-refractivity contribution in [3.05, 3.63) is 69.3 Å². The molecule has 0 saturated heterocycles. The van der Waals surface area contributed by atoms with E-state index in [1.807, 2.05) is 35.7 Å². The number of phenolic OH excluding ortho intramolecular Hbond substituents is 1. The molecule has 4 aromatic rings. The van der Waals surface area contributed by atoms with Crippen molar-refractivity contribution in [1.29, 1.82) is 0 Å². The SMILES string of the molecule is C[Si](C)(C)Cl.C[Si](C)(C)Oc1ccccc1-c1csc(C=O)n1.O=Cc1nc(-c2ccccc2O)cs1. The van der Waals surface area contributed by atoms with Crippen molar-refractivity contribution >= 4 is 62.0 Å². The van der Waals surface area contributed by atoms with Crippen LogP contribution >= 0.6 is 33.8 Å². The summed E-state index contributed by atoms with van der Waals surface area (Å²) in [5.74, 6) is 1.02. The number of para-hydroxylation sites is 2. The molecular formula is C26H31ClN2O4S2Si2. The van der Waals surface area contributed by atoms with E-state index in [2.05, 4.69) is 49.3 Å². The molecule has 0 fully saturated rings. The molecule has 0 radical (unpaired) electrons. The van der Waals surface area contributed by atoms with E-state index in [0.29, 0.717) is 27.6 Å². The predicted molar refractivity (Wildman–Crippen MR) is 161 cm³/mol. The Bertz CT molecular complexity index is 1310. The molecule has 0 bridgehead atoms. The van der Waals surface area contributed by atoms with Gasteiger partial charge in [0, 0.05) is 21.9 Å². The molecular weight excluding hydrogens is 560 g/mol. The van der Waals surface area contributed by atoms with Crippen LogP contribution in [0.15, 0.2) is 59.3 Å². The van der Waals surface area contributed by atoms with E-state index in [4.69, 9.17) is 15.5 Å². The molecule has 0 saturated carbocycles. The highest BCUT2D eigenvalue weighted by atomic mass is 35.6. The van der Waals surface area contributed by atoms with Gasteiger partial charge in [0.15, 0.2) is 22.6 Å². The van der Waals surface area contributed by atoms with Crippen LogP contribution in [0.25, 0.3) is 22.5 Å². The Hall–Kier alpha value is -2.64.